The quantitative estimate of drug-likeness (QED) is 0.891. The van der Waals surface area contributed by atoms with E-state index in [4.69, 9.17) is 4.74 Å². The van der Waals surface area contributed by atoms with Crippen LogP contribution in [-0.4, -0.2) is 22.8 Å². The number of carbonyl (C=O) groups is 1. The Labute approximate surface area is 120 Å². The molecule has 7 heteroatoms. The van der Waals surface area contributed by atoms with Gasteiger partial charge < -0.3 is 10.1 Å². The summed E-state index contributed by atoms with van der Waals surface area (Å²) in [5, 5.41) is 14.7. The van der Waals surface area contributed by atoms with Crippen molar-refractivity contribution in [1.29, 1.82) is 0 Å². The van der Waals surface area contributed by atoms with Crippen molar-refractivity contribution >= 4 is 22.5 Å². The van der Waals surface area contributed by atoms with Gasteiger partial charge >= 0.3 is 6.03 Å². The molecule has 2 heterocycles. The molecule has 0 bridgehead atoms. The van der Waals surface area contributed by atoms with Crippen LogP contribution in [0, 0.1) is 6.92 Å². The fraction of sp³-hybridized carbons (Fsp3) is 0.308. The molecule has 104 valence electrons. The molecule has 1 aliphatic heterocycles. The predicted octanol–water partition coefficient (Wildman–Crippen LogP) is 2.49. The van der Waals surface area contributed by atoms with Crippen molar-refractivity contribution in [2.45, 2.75) is 19.4 Å². The number of amides is 2. The van der Waals surface area contributed by atoms with Gasteiger partial charge in [-0.15, -0.1) is 10.2 Å². The summed E-state index contributed by atoms with van der Waals surface area (Å²) in [7, 11) is 0. The lowest BCUT2D eigenvalue weighted by Gasteiger charge is -2.26. The van der Waals surface area contributed by atoms with Crippen molar-refractivity contribution in [3.63, 3.8) is 0 Å². The van der Waals surface area contributed by atoms with Gasteiger partial charge in [0.15, 0.2) is 0 Å². The van der Waals surface area contributed by atoms with E-state index in [0.717, 1.165) is 22.7 Å². The highest BCUT2D eigenvalue weighted by Crippen LogP contribution is 2.31. The number of ether oxygens (including phenoxy) is 1. The molecular weight excluding hydrogens is 276 g/mol. The van der Waals surface area contributed by atoms with E-state index >= 15 is 0 Å². The number of fused-ring (bicyclic) bond motifs is 1. The third-order valence-electron chi connectivity index (χ3n) is 3.01. The number of para-hydroxylation sites is 1. The van der Waals surface area contributed by atoms with Crippen LogP contribution in [-0.2, 0) is 0 Å². The second kappa shape index (κ2) is 5.46. The highest BCUT2D eigenvalue weighted by atomic mass is 32.1. The number of aryl methyl sites for hydroxylation is 1. The van der Waals surface area contributed by atoms with Crippen LogP contribution < -0.4 is 15.4 Å². The summed E-state index contributed by atoms with van der Waals surface area (Å²) in [5.74, 6) is 0.829. The molecule has 1 aromatic carbocycles. The first-order chi connectivity index (χ1) is 9.72. The zero-order valence-electron chi connectivity index (χ0n) is 10.9. The average Bonchev–Trinajstić information content (AvgIpc) is 2.84. The van der Waals surface area contributed by atoms with Gasteiger partial charge in [0.25, 0.3) is 0 Å². The summed E-state index contributed by atoms with van der Waals surface area (Å²) in [5.41, 5.74) is 1.00. The van der Waals surface area contributed by atoms with Crippen LogP contribution in [0.25, 0.3) is 0 Å². The number of hydrogen-bond donors (Lipinski definition) is 2. The molecule has 1 aromatic heterocycles. The molecule has 20 heavy (non-hydrogen) atoms. The Morgan fingerprint density at radius 2 is 2.25 bits per heavy atom. The standard InChI is InChI=1S/C13H14N4O2S/c1-8-16-17-13(20-8)15-12(18)14-10-6-7-19-11-5-3-2-4-9(10)11/h2-5,10H,6-7H2,1H3,(H2,14,15,17,18)/t10-/m0/s1. The smallest absolute Gasteiger partial charge is 0.321 e. The predicted molar refractivity (Wildman–Crippen MR) is 76.1 cm³/mol. The first kappa shape index (κ1) is 12.9. The lowest BCUT2D eigenvalue weighted by molar-refractivity contribution is 0.232. The highest BCUT2D eigenvalue weighted by molar-refractivity contribution is 7.15. The third kappa shape index (κ3) is 2.72. The number of nitrogens with one attached hydrogen (secondary N) is 2. The summed E-state index contributed by atoms with van der Waals surface area (Å²) in [6.07, 6.45) is 0.750. The summed E-state index contributed by atoms with van der Waals surface area (Å²) < 4.78 is 5.56. The largest absolute Gasteiger partial charge is 0.493 e. The molecule has 0 fully saturated rings. The van der Waals surface area contributed by atoms with E-state index in [0.29, 0.717) is 11.7 Å². The van der Waals surface area contributed by atoms with E-state index < -0.39 is 0 Å². The summed E-state index contributed by atoms with van der Waals surface area (Å²) >= 11 is 1.34. The Hall–Kier alpha value is -2.15. The molecule has 0 unspecified atom stereocenters. The Morgan fingerprint density at radius 1 is 1.40 bits per heavy atom. The van der Waals surface area contributed by atoms with Gasteiger partial charge in [0.2, 0.25) is 5.13 Å². The fourth-order valence-corrected chi connectivity index (χ4v) is 2.72. The molecule has 0 saturated heterocycles. The van der Waals surface area contributed by atoms with Crippen molar-refractivity contribution in [2.75, 3.05) is 11.9 Å². The number of nitrogens with zero attached hydrogens (tertiary/aromatic N) is 2. The zero-order valence-corrected chi connectivity index (χ0v) is 11.7. The van der Waals surface area contributed by atoms with Crippen LogP contribution in [0.15, 0.2) is 24.3 Å². The van der Waals surface area contributed by atoms with Crippen molar-refractivity contribution in [3.8, 4) is 5.75 Å². The van der Waals surface area contributed by atoms with Crippen LogP contribution in [0.1, 0.15) is 23.0 Å². The van der Waals surface area contributed by atoms with Gasteiger partial charge in [-0.2, -0.15) is 0 Å². The number of aromatic nitrogens is 2. The van der Waals surface area contributed by atoms with E-state index in [1.54, 1.807) is 0 Å². The number of urea groups is 1. The molecule has 0 aliphatic carbocycles. The average molecular weight is 290 g/mol. The topological polar surface area (TPSA) is 76.1 Å². The van der Waals surface area contributed by atoms with Gasteiger partial charge in [-0.1, -0.05) is 29.5 Å². The number of rotatable bonds is 2. The molecule has 1 aliphatic rings. The maximum absolute atomic E-state index is 12.0. The van der Waals surface area contributed by atoms with Crippen LogP contribution in [0.2, 0.25) is 0 Å². The van der Waals surface area contributed by atoms with Crippen LogP contribution in [0.4, 0.5) is 9.93 Å². The molecular formula is C13H14N4O2S. The number of hydrogen-bond acceptors (Lipinski definition) is 5. The summed E-state index contributed by atoms with van der Waals surface area (Å²) in [6, 6.07) is 7.42. The Bertz CT molecular complexity index is 628. The maximum atomic E-state index is 12.0. The minimum absolute atomic E-state index is 0.0473. The van der Waals surface area contributed by atoms with Crippen molar-refractivity contribution in [1.82, 2.24) is 15.5 Å². The molecule has 0 saturated carbocycles. The number of anilines is 1. The summed E-state index contributed by atoms with van der Waals surface area (Å²) in [4.78, 5) is 12.0. The molecule has 0 radical (unpaired) electrons. The maximum Gasteiger partial charge on any atom is 0.321 e. The van der Waals surface area contributed by atoms with E-state index in [1.165, 1.54) is 11.3 Å². The van der Waals surface area contributed by atoms with Gasteiger partial charge in [0.05, 0.1) is 12.6 Å². The normalized spacial score (nSPS) is 16.9. The van der Waals surface area contributed by atoms with Gasteiger partial charge in [0.1, 0.15) is 10.8 Å². The molecule has 3 rings (SSSR count). The summed E-state index contributed by atoms with van der Waals surface area (Å²) in [6.45, 7) is 2.44. The lowest BCUT2D eigenvalue weighted by Crippen LogP contribution is -2.35. The Morgan fingerprint density at radius 3 is 3.05 bits per heavy atom. The number of carbonyl (C=O) groups excluding carboxylic acids is 1. The minimum atomic E-state index is -0.275. The van der Waals surface area contributed by atoms with Gasteiger partial charge in [-0.25, -0.2) is 4.79 Å². The van der Waals surface area contributed by atoms with Crippen LogP contribution in [0.5, 0.6) is 5.75 Å². The van der Waals surface area contributed by atoms with Gasteiger partial charge in [-0.3, -0.25) is 5.32 Å². The van der Waals surface area contributed by atoms with E-state index in [1.807, 2.05) is 31.2 Å². The first-order valence-corrected chi connectivity index (χ1v) is 7.13. The molecule has 2 amide bonds. The van der Waals surface area contributed by atoms with E-state index in [-0.39, 0.29) is 12.1 Å². The molecule has 2 N–H and O–H groups in total. The SMILES string of the molecule is Cc1nnc(NC(=O)N[C@H]2CCOc3ccccc32)s1. The Balaban J connectivity index is 1.68. The molecule has 6 nitrogen and oxygen atoms in total. The molecule has 1 atom stereocenters. The van der Waals surface area contributed by atoms with E-state index in [2.05, 4.69) is 20.8 Å². The minimum Gasteiger partial charge on any atom is -0.493 e. The molecule has 2 aromatic rings. The van der Waals surface area contributed by atoms with Crippen LogP contribution in [0.3, 0.4) is 0 Å². The first-order valence-electron chi connectivity index (χ1n) is 6.32. The lowest BCUT2D eigenvalue weighted by atomic mass is 10.0. The monoisotopic (exact) mass is 290 g/mol. The second-order valence-corrected chi connectivity index (χ2v) is 5.63. The van der Waals surface area contributed by atoms with Crippen LogP contribution >= 0.6 is 11.3 Å². The zero-order chi connectivity index (χ0) is 13.9. The van der Waals surface area contributed by atoms with Crippen molar-refractivity contribution in [2.24, 2.45) is 0 Å². The molecule has 0 spiro atoms. The highest BCUT2D eigenvalue weighted by Gasteiger charge is 2.22. The van der Waals surface area contributed by atoms with E-state index in [9.17, 15) is 4.79 Å². The third-order valence-corrected chi connectivity index (χ3v) is 3.76. The van der Waals surface area contributed by atoms with Crippen molar-refractivity contribution in [3.05, 3.63) is 34.8 Å². The van der Waals surface area contributed by atoms with Gasteiger partial charge in [-0.05, 0) is 13.0 Å². The number of benzene rings is 1. The Kier molecular flexibility index (Phi) is 3.51. The second-order valence-electron chi connectivity index (χ2n) is 4.45. The fourth-order valence-electron chi connectivity index (χ4n) is 2.13. The van der Waals surface area contributed by atoms with Crippen molar-refractivity contribution < 1.29 is 9.53 Å². The van der Waals surface area contributed by atoms with Gasteiger partial charge in [0, 0.05) is 12.0 Å².